The standard InChI is InChI=1S/C19H25N3O3S/c23-26(24,17-9-13-25-14-10-17)22-11-7-16(8-12-22)20-19-6-5-15-3-1-2-4-18(15)21-19/h1-6,16-17H,7-14H2,(H,20,21). The molecule has 0 saturated carbocycles. The van der Waals surface area contributed by atoms with Crippen LogP contribution in [0.2, 0.25) is 0 Å². The Kier molecular flexibility index (Phi) is 5.11. The third kappa shape index (κ3) is 3.70. The second kappa shape index (κ2) is 7.50. The van der Waals surface area contributed by atoms with E-state index in [1.165, 1.54) is 0 Å². The van der Waals surface area contributed by atoms with Crippen molar-refractivity contribution in [1.29, 1.82) is 0 Å². The first kappa shape index (κ1) is 17.7. The van der Waals surface area contributed by atoms with Crippen LogP contribution >= 0.6 is 0 Å². The second-order valence-electron chi connectivity index (χ2n) is 7.06. The van der Waals surface area contributed by atoms with Crippen molar-refractivity contribution in [3.05, 3.63) is 36.4 Å². The maximum atomic E-state index is 12.8. The van der Waals surface area contributed by atoms with Crippen molar-refractivity contribution in [3.63, 3.8) is 0 Å². The van der Waals surface area contributed by atoms with Crippen LogP contribution in [0.4, 0.5) is 5.82 Å². The number of nitrogens with one attached hydrogen (secondary N) is 1. The van der Waals surface area contributed by atoms with Crippen molar-refractivity contribution in [3.8, 4) is 0 Å². The average Bonchev–Trinajstić information content (AvgIpc) is 2.69. The van der Waals surface area contributed by atoms with Gasteiger partial charge >= 0.3 is 0 Å². The van der Waals surface area contributed by atoms with Crippen molar-refractivity contribution in [2.75, 3.05) is 31.6 Å². The van der Waals surface area contributed by atoms with E-state index in [9.17, 15) is 8.42 Å². The highest BCUT2D eigenvalue weighted by Crippen LogP contribution is 2.24. The van der Waals surface area contributed by atoms with Gasteiger partial charge in [0.2, 0.25) is 10.0 Å². The Labute approximate surface area is 154 Å². The predicted molar refractivity (Wildman–Crippen MR) is 103 cm³/mol. The summed E-state index contributed by atoms with van der Waals surface area (Å²) in [6.45, 7) is 2.25. The van der Waals surface area contributed by atoms with Gasteiger partial charge in [0.25, 0.3) is 0 Å². The van der Waals surface area contributed by atoms with E-state index in [0.29, 0.717) is 39.1 Å². The molecular formula is C19H25N3O3S. The first-order chi connectivity index (χ1) is 12.6. The number of aromatic nitrogens is 1. The third-order valence-electron chi connectivity index (χ3n) is 5.35. The van der Waals surface area contributed by atoms with Crippen molar-refractivity contribution < 1.29 is 13.2 Å². The number of hydrogen-bond acceptors (Lipinski definition) is 5. The summed E-state index contributed by atoms with van der Waals surface area (Å²) in [7, 11) is -3.20. The molecule has 2 saturated heterocycles. The summed E-state index contributed by atoms with van der Waals surface area (Å²) in [5.74, 6) is 0.856. The number of benzene rings is 1. The van der Waals surface area contributed by atoms with Crippen LogP contribution in [0.3, 0.4) is 0 Å². The molecule has 3 heterocycles. The van der Waals surface area contributed by atoms with Gasteiger partial charge in [0, 0.05) is 37.7 Å². The van der Waals surface area contributed by atoms with Gasteiger partial charge in [-0.2, -0.15) is 0 Å². The monoisotopic (exact) mass is 375 g/mol. The summed E-state index contributed by atoms with van der Waals surface area (Å²) in [6.07, 6.45) is 2.83. The molecule has 1 aromatic heterocycles. The normalized spacial score (nSPS) is 21.1. The Hall–Kier alpha value is -1.70. The molecule has 0 bridgehead atoms. The number of piperidine rings is 1. The number of anilines is 1. The summed E-state index contributed by atoms with van der Waals surface area (Å²) in [4.78, 5) is 4.65. The van der Waals surface area contributed by atoms with Gasteiger partial charge in [0.1, 0.15) is 5.82 Å². The number of nitrogens with zero attached hydrogens (tertiary/aromatic N) is 2. The van der Waals surface area contributed by atoms with Crippen molar-refractivity contribution in [1.82, 2.24) is 9.29 Å². The maximum Gasteiger partial charge on any atom is 0.217 e. The van der Waals surface area contributed by atoms with Crippen LogP contribution in [0, 0.1) is 0 Å². The van der Waals surface area contributed by atoms with Crippen molar-refractivity contribution in [2.24, 2.45) is 0 Å². The number of sulfonamides is 1. The third-order valence-corrected chi connectivity index (χ3v) is 7.75. The molecule has 0 spiro atoms. The lowest BCUT2D eigenvalue weighted by Gasteiger charge is -2.35. The molecule has 2 aromatic rings. The number of fused-ring (bicyclic) bond motifs is 1. The minimum absolute atomic E-state index is 0.254. The van der Waals surface area contributed by atoms with Crippen LogP contribution in [-0.4, -0.2) is 55.3 Å². The van der Waals surface area contributed by atoms with Crippen LogP contribution in [-0.2, 0) is 14.8 Å². The quantitative estimate of drug-likeness (QED) is 0.889. The Balaban J connectivity index is 1.37. The lowest BCUT2D eigenvalue weighted by molar-refractivity contribution is 0.0969. The van der Waals surface area contributed by atoms with E-state index in [0.717, 1.165) is 29.6 Å². The fourth-order valence-electron chi connectivity index (χ4n) is 3.79. The molecule has 0 unspecified atom stereocenters. The molecule has 6 nitrogen and oxygen atoms in total. The van der Waals surface area contributed by atoms with E-state index in [2.05, 4.69) is 16.4 Å². The molecule has 140 valence electrons. The number of rotatable bonds is 4. The van der Waals surface area contributed by atoms with E-state index < -0.39 is 10.0 Å². The predicted octanol–water partition coefficient (Wildman–Crippen LogP) is 2.62. The Bertz CT molecular complexity index is 857. The molecule has 1 N–H and O–H groups in total. The van der Waals surface area contributed by atoms with Crippen LogP contribution < -0.4 is 5.32 Å². The summed E-state index contributed by atoms with van der Waals surface area (Å²) in [5, 5.41) is 4.32. The van der Waals surface area contributed by atoms with Gasteiger partial charge in [-0.25, -0.2) is 17.7 Å². The SMILES string of the molecule is O=S(=O)(C1CCOCC1)N1CCC(Nc2ccc3ccccc3n2)CC1. The van der Waals surface area contributed by atoms with E-state index in [-0.39, 0.29) is 11.3 Å². The molecule has 1 aromatic carbocycles. The van der Waals surface area contributed by atoms with Crippen molar-refractivity contribution >= 4 is 26.7 Å². The second-order valence-corrected chi connectivity index (χ2v) is 9.28. The van der Waals surface area contributed by atoms with Crippen molar-refractivity contribution in [2.45, 2.75) is 37.0 Å². The smallest absolute Gasteiger partial charge is 0.217 e. The number of ether oxygens (including phenoxy) is 1. The fraction of sp³-hybridized carbons (Fsp3) is 0.526. The topological polar surface area (TPSA) is 71.5 Å². The molecule has 0 amide bonds. The summed E-state index contributed by atoms with van der Waals surface area (Å²) in [6, 6.07) is 12.4. The highest BCUT2D eigenvalue weighted by atomic mass is 32.2. The van der Waals surface area contributed by atoms with Gasteiger partial charge in [-0.3, -0.25) is 0 Å². The van der Waals surface area contributed by atoms with Crippen LogP contribution in [0.1, 0.15) is 25.7 Å². The number of para-hydroxylation sites is 1. The molecule has 0 radical (unpaired) electrons. The van der Waals surface area contributed by atoms with E-state index in [1.807, 2.05) is 30.3 Å². The minimum atomic E-state index is -3.20. The Morgan fingerprint density at radius 3 is 2.50 bits per heavy atom. The molecule has 26 heavy (non-hydrogen) atoms. The zero-order valence-electron chi connectivity index (χ0n) is 14.8. The van der Waals surface area contributed by atoms with E-state index >= 15 is 0 Å². The molecular weight excluding hydrogens is 350 g/mol. The van der Waals surface area contributed by atoms with Gasteiger partial charge in [0.15, 0.2) is 0 Å². The lowest BCUT2D eigenvalue weighted by atomic mass is 10.1. The molecule has 2 fully saturated rings. The molecule has 2 aliphatic rings. The molecule has 0 atom stereocenters. The van der Waals surface area contributed by atoms with Crippen LogP contribution in [0.15, 0.2) is 36.4 Å². The Morgan fingerprint density at radius 1 is 1.00 bits per heavy atom. The van der Waals surface area contributed by atoms with E-state index in [1.54, 1.807) is 4.31 Å². The fourth-order valence-corrected chi connectivity index (χ4v) is 5.72. The number of hydrogen-bond donors (Lipinski definition) is 1. The zero-order chi connectivity index (χ0) is 18.0. The Morgan fingerprint density at radius 2 is 1.73 bits per heavy atom. The minimum Gasteiger partial charge on any atom is -0.381 e. The maximum absolute atomic E-state index is 12.8. The molecule has 4 rings (SSSR count). The van der Waals surface area contributed by atoms with Crippen LogP contribution in [0.25, 0.3) is 10.9 Å². The van der Waals surface area contributed by atoms with Gasteiger partial charge in [-0.15, -0.1) is 0 Å². The van der Waals surface area contributed by atoms with Gasteiger partial charge < -0.3 is 10.1 Å². The summed E-state index contributed by atoms with van der Waals surface area (Å²) in [5.41, 5.74) is 0.969. The average molecular weight is 375 g/mol. The first-order valence-electron chi connectivity index (χ1n) is 9.32. The first-order valence-corrected chi connectivity index (χ1v) is 10.8. The highest BCUT2D eigenvalue weighted by Gasteiger charge is 2.35. The summed E-state index contributed by atoms with van der Waals surface area (Å²) < 4.78 is 32.6. The lowest BCUT2D eigenvalue weighted by Crippen LogP contribution is -2.47. The zero-order valence-corrected chi connectivity index (χ0v) is 15.6. The highest BCUT2D eigenvalue weighted by molar-refractivity contribution is 7.89. The molecule has 0 aliphatic carbocycles. The number of pyridine rings is 1. The van der Waals surface area contributed by atoms with E-state index in [4.69, 9.17) is 4.74 Å². The van der Waals surface area contributed by atoms with Gasteiger partial charge in [-0.05, 0) is 43.9 Å². The molecule has 7 heteroatoms. The summed E-state index contributed by atoms with van der Waals surface area (Å²) >= 11 is 0. The molecule has 2 aliphatic heterocycles. The van der Waals surface area contributed by atoms with Gasteiger partial charge in [0.05, 0.1) is 10.8 Å². The van der Waals surface area contributed by atoms with Gasteiger partial charge in [-0.1, -0.05) is 18.2 Å². The largest absolute Gasteiger partial charge is 0.381 e. The van der Waals surface area contributed by atoms with Crippen LogP contribution in [0.5, 0.6) is 0 Å².